The molecular formula is Al3Dy. The van der Waals surface area contributed by atoms with Gasteiger partial charge in [0.2, 0.25) is 0 Å². The van der Waals surface area contributed by atoms with Crippen molar-refractivity contribution in [3.63, 3.8) is 0 Å². The summed E-state index contributed by atoms with van der Waals surface area (Å²) < 4.78 is 0. The van der Waals surface area contributed by atoms with Crippen molar-refractivity contribution < 1.29 is 38.2 Å². The molecule has 9 radical (unpaired) electrons. The first kappa shape index (κ1) is 28.7. The molecule has 0 fully saturated rings. The summed E-state index contributed by atoms with van der Waals surface area (Å²) >= 11 is 0. The van der Waals surface area contributed by atoms with Gasteiger partial charge in [0.15, 0.2) is 0 Å². The van der Waals surface area contributed by atoms with Crippen molar-refractivity contribution in [3.8, 4) is 0 Å². The van der Waals surface area contributed by atoms with Crippen LogP contribution in [0.5, 0.6) is 0 Å². The second-order valence-corrected chi connectivity index (χ2v) is 0. The second kappa shape index (κ2) is 16.9. The maximum absolute atomic E-state index is 0. The third-order valence-corrected chi connectivity index (χ3v) is 0. The Hall–Kier alpha value is 2.87. The summed E-state index contributed by atoms with van der Waals surface area (Å²) in [6, 6.07) is 0. The molecule has 4 heavy (non-hydrogen) atoms. The van der Waals surface area contributed by atoms with Crippen molar-refractivity contribution in [1.82, 2.24) is 0 Å². The van der Waals surface area contributed by atoms with Crippen LogP contribution in [0.3, 0.4) is 0 Å². The van der Waals surface area contributed by atoms with E-state index in [4.69, 9.17) is 0 Å². The summed E-state index contributed by atoms with van der Waals surface area (Å²) in [6.07, 6.45) is 0. The molecule has 19 valence electrons. The molecule has 0 aliphatic carbocycles. The zero-order chi connectivity index (χ0) is 0. The van der Waals surface area contributed by atoms with E-state index < -0.39 is 0 Å². The Morgan fingerprint density at radius 3 is 0.500 bits per heavy atom. The Bertz CT molecular complexity index is 3.25. The van der Waals surface area contributed by atoms with Crippen LogP contribution < -0.4 is 0 Å². The van der Waals surface area contributed by atoms with Crippen LogP contribution in [0.1, 0.15) is 0 Å². The predicted molar refractivity (Wildman–Crippen MR) is 17.3 cm³/mol. The van der Waals surface area contributed by atoms with Gasteiger partial charge in [-0.3, -0.25) is 0 Å². The van der Waals surface area contributed by atoms with Gasteiger partial charge < -0.3 is 0 Å². The molecule has 0 saturated heterocycles. The average Bonchev–Trinajstić information content (AvgIpc) is 0. The molecule has 0 nitrogen and oxygen atoms in total. The minimum atomic E-state index is 0. The fourth-order valence-electron chi connectivity index (χ4n) is 0. The fraction of sp³-hybridized carbons (Fsp3) is 0. The molecule has 0 aliphatic heterocycles. The molecule has 0 heterocycles. The van der Waals surface area contributed by atoms with Gasteiger partial charge in [-0.25, -0.2) is 0 Å². The van der Waals surface area contributed by atoms with Crippen LogP contribution in [0.2, 0.25) is 0 Å². The first-order valence-corrected chi connectivity index (χ1v) is 0. The average molecular weight is 243 g/mol. The van der Waals surface area contributed by atoms with E-state index >= 15 is 0 Å². The van der Waals surface area contributed by atoms with Crippen LogP contribution in [0.25, 0.3) is 0 Å². The summed E-state index contributed by atoms with van der Waals surface area (Å²) in [5.74, 6) is 0. The number of hydrogen-bond donors (Lipinski definition) is 0. The molecule has 0 spiro atoms. The van der Waals surface area contributed by atoms with Crippen LogP contribution in [-0.2, 0) is 0 Å². The smallest absolute Gasteiger partial charge is 0 e. The summed E-state index contributed by atoms with van der Waals surface area (Å²) in [4.78, 5) is 0. The Labute approximate surface area is 88.5 Å². The molecule has 4 heteroatoms. The Balaban J connectivity index is 0. The van der Waals surface area contributed by atoms with Crippen LogP contribution in [0, 0.1) is 38.2 Å². The van der Waals surface area contributed by atoms with E-state index in [1.807, 2.05) is 0 Å². The van der Waals surface area contributed by atoms with E-state index in [-0.39, 0.29) is 90.3 Å². The minimum Gasteiger partial charge on any atom is 0 e. The maximum atomic E-state index is 0. The zero-order valence-electron chi connectivity index (χ0n) is 2.05. The quantitative estimate of drug-likeness (QED) is 0.472. The van der Waals surface area contributed by atoms with Crippen LogP contribution in [-0.4, -0.2) is 52.1 Å². The molecule has 0 aromatic heterocycles. The van der Waals surface area contributed by atoms with Crippen molar-refractivity contribution >= 4 is 52.1 Å². The molecule has 0 rings (SSSR count). The van der Waals surface area contributed by atoms with Crippen molar-refractivity contribution in [1.29, 1.82) is 0 Å². The molecular weight excluding hydrogens is 243 g/mol. The van der Waals surface area contributed by atoms with E-state index in [9.17, 15) is 0 Å². The van der Waals surface area contributed by atoms with E-state index in [0.717, 1.165) is 0 Å². The molecule has 0 aromatic rings. The largest absolute Gasteiger partial charge is 0 e. The molecule has 0 aliphatic rings. The van der Waals surface area contributed by atoms with E-state index in [2.05, 4.69) is 0 Å². The van der Waals surface area contributed by atoms with Gasteiger partial charge >= 0.3 is 0 Å². The van der Waals surface area contributed by atoms with Gasteiger partial charge in [0.05, 0.1) is 0 Å². The third kappa shape index (κ3) is 8.85. The van der Waals surface area contributed by atoms with Gasteiger partial charge in [0.25, 0.3) is 0 Å². The predicted octanol–water partition coefficient (Wildman–Crippen LogP) is -1.14. The topological polar surface area (TPSA) is 0 Å². The third-order valence-electron chi connectivity index (χ3n) is 0. The molecule has 0 N–H and O–H groups in total. The van der Waals surface area contributed by atoms with E-state index in [1.165, 1.54) is 0 Å². The summed E-state index contributed by atoms with van der Waals surface area (Å²) in [5, 5.41) is 0. The normalized spacial score (nSPS) is 0. The molecule has 0 aromatic carbocycles. The molecule has 0 atom stereocenters. The van der Waals surface area contributed by atoms with Gasteiger partial charge in [-0.1, -0.05) is 0 Å². The summed E-state index contributed by atoms with van der Waals surface area (Å²) in [5.41, 5.74) is 0. The van der Waals surface area contributed by atoms with Crippen molar-refractivity contribution in [2.45, 2.75) is 0 Å². The first-order valence-electron chi connectivity index (χ1n) is 0. The first-order chi connectivity index (χ1) is 0. The van der Waals surface area contributed by atoms with Crippen LogP contribution in [0.15, 0.2) is 0 Å². The second-order valence-electron chi connectivity index (χ2n) is 0. The van der Waals surface area contributed by atoms with Crippen molar-refractivity contribution in [3.05, 3.63) is 0 Å². The van der Waals surface area contributed by atoms with Crippen molar-refractivity contribution in [2.75, 3.05) is 0 Å². The fourth-order valence-corrected chi connectivity index (χ4v) is 0. The summed E-state index contributed by atoms with van der Waals surface area (Å²) in [6.45, 7) is 0. The van der Waals surface area contributed by atoms with Gasteiger partial charge in [0, 0.05) is 90.3 Å². The zero-order valence-corrected chi connectivity index (χ0v) is 7.54. The monoisotopic (exact) mass is 245 g/mol. The standard InChI is InChI=1S/3Al.Dy. The minimum absolute atomic E-state index is 0. The molecule has 0 bridgehead atoms. The Morgan fingerprint density at radius 2 is 0.500 bits per heavy atom. The van der Waals surface area contributed by atoms with Gasteiger partial charge in [-0.15, -0.1) is 0 Å². The van der Waals surface area contributed by atoms with Gasteiger partial charge in [0.1, 0.15) is 0 Å². The van der Waals surface area contributed by atoms with E-state index in [0.29, 0.717) is 0 Å². The summed E-state index contributed by atoms with van der Waals surface area (Å²) in [7, 11) is 0. The van der Waals surface area contributed by atoms with Crippen molar-refractivity contribution in [2.24, 2.45) is 0 Å². The van der Waals surface area contributed by atoms with Crippen LogP contribution >= 0.6 is 0 Å². The Morgan fingerprint density at radius 1 is 0.500 bits per heavy atom. The number of hydrogen-bond acceptors (Lipinski definition) is 0. The number of rotatable bonds is 0. The maximum Gasteiger partial charge on any atom is 0 e. The van der Waals surface area contributed by atoms with Gasteiger partial charge in [-0.2, -0.15) is 0 Å². The molecule has 0 saturated carbocycles. The molecule has 0 amide bonds. The van der Waals surface area contributed by atoms with E-state index in [1.54, 1.807) is 0 Å². The SMILES string of the molecule is [Al].[Al].[Al].[Dy]. The Kier molecular flexibility index (Phi) is 121. The van der Waals surface area contributed by atoms with Crippen LogP contribution in [0.4, 0.5) is 0 Å². The molecule has 0 unspecified atom stereocenters. The van der Waals surface area contributed by atoms with Gasteiger partial charge in [-0.05, 0) is 0 Å².